The van der Waals surface area contributed by atoms with Crippen LogP contribution in [0, 0.1) is 0 Å². The Morgan fingerprint density at radius 3 is 2.20 bits per heavy atom. The first-order valence-electron chi connectivity index (χ1n) is 25.9. The molecule has 9 N–H and O–H groups in total. The van der Waals surface area contributed by atoms with Crippen molar-refractivity contribution in [3.05, 3.63) is 142 Å². The highest BCUT2D eigenvalue weighted by atomic mass is 31.2. The number of para-hydroxylation sites is 1. The van der Waals surface area contributed by atoms with Crippen LogP contribution in [0.25, 0.3) is 21.9 Å². The van der Waals surface area contributed by atoms with Gasteiger partial charge in [0.15, 0.2) is 0 Å². The molecule has 3 aliphatic heterocycles. The van der Waals surface area contributed by atoms with E-state index in [1.165, 1.54) is 43.2 Å². The van der Waals surface area contributed by atoms with Gasteiger partial charge in [0.2, 0.25) is 41.4 Å². The number of amides is 8. The summed E-state index contributed by atoms with van der Waals surface area (Å²) >= 11 is 0. The summed E-state index contributed by atoms with van der Waals surface area (Å²) in [4.78, 5) is 160. The molecule has 6 aromatic rings. The molecule has 3 aliphatic rings. The maximum Gasteiger partial charge on any atom is 0.396 e. The van der Waals surface area contributed by atoms with Crippen molar-refractivity contribution in [2.24, 2.45) is 12.8 Å². The maximum atomic E-state index is 15.1. The Bertz CT molecular complexity index is 3480. The van der Waals surface area contributed by atoms with E-state index in [2.05, 4.69) is 26.3 Å². The number of nitrogens with two attached hydrogens (primary N) is 1. The van der Waals surface area contributed by atoms with Gasteiger partial charge in [-0.3, -0.25) is 62.2 Å². The molecule has 0 radical (unpaired) electrons. The standard InChI is InChI=1S/C55H59N10O13P/c1-62-48-33(14-8-16-41(48)65(55(62)75)43-23-25-45(67)60-52(43)72)15-9-17-46(68)63-27-26-36-19-22-42(51(71)58-38(21-24-44(56)66)49(69)61-47(31-10-4-2-5-11-31)32-12-6-3-7-13-32)64(36)53(73)40(30-63)59-50(70)39-29-35-28-34(18-20-37(35)57-39)54(74)79(76,77)78/h2-8,10-14,16,18,20,28-29,36,38,40,42-43,47,57H,9,15,17,19,21-27,30H2,1H3,(H2,56,66)(H,58,71)(H,59,70)(H,61,69)(H,60,67,72)(H2,76,77,78)/t36-,38+,40+,42+,43?/m1/s1. The van der Waals surface area contributed by atoms with Gasteiger partial charge in [0.1, 0.15) is 29.9 Å². The number of hydrogen-bond acceptors (Lipinski definition) is 11. The van der Waals surface area contributed by atoms with E-state index in [1.54, 1.807) is 19.2 Å². The molecule has 79 heavy (non-hydrogen) atoms. The number of piperidine rings is 1. The largest absolute Gasteiger partial charge is 0.396 e. The Morgan fingerprint density at radius 1 is 0.823 bits per heavy atom. The number of nitrogens with one attached hydrogen (secondary N) is 5. The zero-order valence-corrected chi connectivity index (χ0v) is 43.9. The lowest BCUT2D eigenvalue weighted by Gasteiger charge is -2.39. The number of aryl methyl sites for hydroxylation is 2. The highest BCUT2D eigenvalue weighted by Crippen LogP contribution is 2.39. The maximum absolute atomic E-state index is 15.1. The number of imidazole rings is 1. The van der Waals surface area contributed by atoms with Crippen LogP contribution in [0.3, 0.4) is 0 Å². The first-order chi connectivity index (χ1) is 37.8. The fourth-order valence-corrected chi connectivity index (χ4v) is 11.5. The predicted molar refractivity (Wildman–Crippen MR) is 286 cm³/mol. The van der Waals surface area contributed by atoms with Crippen LogP contribution < -0.4 is 32.7 Å². The van der Waals surface area contributed by atoms with Gasteiger partial charge in [-0.2, -0.15) is 0 Å². The normalized spacial score (nSPS) is 19.1. The summed E-state index contributed by atoms with van der Waals surface area (Å²) in [5.41, 5.74) is 6.91. The Labute approximate surface area is 451 Å². The molecule has 5 heterocycles. The van der Waals surface area contributed by atoms with Gasteiger partial charge in [-0.1, -0.05) is 72.8 Å². The van der Waals surface area contributed by atoms with Crippen molar-refractivity contribution in [2.75, 3.05) is 13.1 Å². The third-order valence-corrected chi connectivity index (χ3v) is 15.7. The molecule has 0 bridgehead atoms. The van der Waals surface area contributed by atoms with Crippen molar-refractivity contribution in [3.8, 4) is 0 Å². The highest BCUT2D eigenvalue weighted by molar-refractivity contribution is 7.70. The fourth-order valence-electron chi connectivity index (χ4n) is 11.0. The molecule has 412 valence electrons. The zero-order valence-electron chi connectivity index (χ0n) is 43.0. The molecule has 5 atom stereocenters. The second-order valence-corrected chi connectivity index (χ2v) is 21.6. The van der Waals surface area contributed by atoms with E-state index in [9.17, 15) is 57.5 Å². The van der Waals surface area contributed by atoms with Gasteiger partial charge in [-0.05, 0) is 92.0 Å². The summed E-state index contributed by atoms with van der Waals surface area (Å²) in [6.07, 6.45) is 1.12. The minimum absolute atomic E-state index is 0.0195. The van der Waals surface area contributed by atoms with E-state index >= 15 is 4.79 Å². The number of carbonyl (C=O) groups is 9. The topological polar surface area (TPSA) is 335 Å². The minimum atomic E-state index is -5.14. The van der Waals surface area contributed by atoms with Crippen molar-refractivity contribution in [1.29, 1.82) is 0 Å². The Kier molecular flexibility index (Phi) is 16.2. The fraction of sp³-hybridized carbons (Fsp3) is 0.345. The van der Waals surface area contributed by atoms with Crippen molar-refractivity contribution < 1.29 is 57.5 Å². The molecule has 24 heteroatoms. The predicted octanol–water partition coefficient (Wildman–Crippen LogP) is 2.49. The summed E-state index contributed by atoms with van der Waals surface area (Å²) in [6, 6.07) is 22.7. The lowest BCUT2D eigenvalue weighted by atomic mass is 9.98. The molecule has 2 aromatic heterocycles. The van der Waals surface area contributed by atoms with E-state index in [0.717, 1.165) is 16.7 Å². The Morgan fingerprint density at radius 2 is 1.53 bits per heavy atom. The number of carbonyl (C=O) groups excluding carboxylic acids is 9. The van der Waals surface area contributed by atoms with Crippen LogP contribution in [0.2, 0.25) is 0 Å². The number of fused-ring (bicyclic) bond motifs is 3. The van der Waals surface area contributed by atoms with Gasteiger partial charge in [0, 0.05) is 61.9 Å². The van der Waals surface area contributed by atoms with Gasteiger partial charge in [-0.25, -0.2) is 4.79 Å². The summed E-state index contributed by atoms with van der Waals surface area (Å²) in [6.45, 7) is -0.218. The molecule has 8 amide bonds. The molecule has 0 aliphatic carbocycles. The summed E-state index contributed by atoms with van der Waals surface area (Å²) in [7, 11) is -3.56. The number of H-pyrrole nitrogens is 1. The highest BCUT2D eigenvalue weighted by Gasteiger charge is 2.46. The minimum Gasteiger partial charge on any atom is -0.370 e. The van der Waals surface area contributed by atoms with Gasteiger partial charge >= 0.3 is 13.3 Å². The molecular weight excluding hydrogens is 1040 g/mol. The van der Waals surface area contributed by atoms with Crippen LogP contribution in [0.5, 0.6) is 0 Å². The number of benzene rings is 4. The average Bonchev–Trinajstić information content (AvgIpc) is 4.32. The summed E-state index contributed by atoms with van der Waals surface area (Å²) in [5, 5.41) is 11.1. The number of imide groups is 1. The van der Waals surface area contributed by atoms with Gasteiger partial charge < -0.3 is 46.3 Å². The van der Waals surface area contributed by atoms with Crippen LogP contribution in [-0.2, 0) is 51.6 Å². The smallest absolute Gasteiger partial charge is 0.370 e. The van der Waals surface area contributed by atoms with E-state index in [-0.39, 0.29) is 80.6 Å². The molecule has 0 spiro atoms. The molecule has 4 aromatic carbocycles. The average molecular weight is 1100 g/mol. The zero-order chi connectivity index (χ0) is 56.3. The SMILES string of the molecule is Cn1c(=O)n(C2CCC(=O)NC2=O)c2cccc(CCCC(=O)N3CC[C@H]4CC[C@@H](C(=O)N[C@@H](CCC(N)=O)C(=O)NC(c5ccccc5)c5ccccc5)N4C(=O)[C@@H](NC(=O)c4cc5cc(C(=O)P(=O)(O)O)ccc5[nH]4)C3)c21. The van der Waals surface area contributed by atoms with E-state index < -0.39 is 96.4 Å². The number of primary amides is 1. The van der Waals surface area contributed by atoms with Crippen LogP contribution in [0.15, 0.2) is 108 Å². The Hall–Kier alpha value is -8.53. The Balaban J connectivity index is 0.957. The molecule has 1 unspecified atom stereocenters. The monoisotopic (exact) mass is 1100 g/mol. The molecule has 3 saturated heterocycles. The number of hydrogen-bond donors (Lipinski definition) is 8. The third-order valence-electron chi connectivity index (χ3n) is 14.9. The van der Waals surface area contributed by atoms with Crippen molar-refractivity contribution in [3.63, 3.8) is 0 Å². The molecule has 0 saturated carbocycles. The second-order valence-electron chi connectivity index (χ2n) is 20.1. The first-order valence-corrected chi connectivity index (χ1v) is 27.5. The van der Waals surface area contributed by atoms with Crippen LogP contribution >= 0.6 is 7.60 Å². The number of nitrogens with zero attached hydrogens (tertiary/aromatic N) is 4. The van der Waals surface area contributed by atoms with Crippen molar-refractivity contribution in [2.45, 2.75) is 100 Å². The van der Waals surface area contributed by atoms with E-state index in [4.69, 9.17) is 5.73 Å². The number of aromatic amines is 1. The third kappa shape index (κ3) is 12.0. The summed E-state index contributed by atoms with van der Waals surface area (Å²) in [5.74, 6) is -4.86. The van der Waals surface area contributed by atoms with Crippen molar-refractivity contribution >= 4 is 82.3 Å². The van der Waals surface area contributed by atoms with Crippen LogP contribution in [-0.4, -0.2) is 124 Å². The molecule has 3 fully saturated rings. The molecular formula is C55H59N10O13P. The van der Waals surface area contributed by atoms with Crippen LogP contribution in [0.1, 0.15) is 107 Å². The summed E-state index contributed by atoms with van der Waals surface area (Å²) < 4.78 is 14.6. The van der Waals surface area contributed by atoms with Gasteiger partial charge in [-0.15, -0.1) is 0 Å². The van der Waals surface area contributed by atoms with Gasteiger partial charge in [0.25, 0.3) is 11.4 Å². The second kappa shape index (κ2) is 23.2. The lowest BCUT2D eigenvalue weighted by molar-refractivity contribution is -0.145. The number of aromatic nitrogens is 3. The van der Waals surface area contributed by atoms with Crippen LogP contribution in [0.4, 0.5) is 0 Å². The van der Waals surface area contributed by atoms with E-state index in [0.29, 0.717) is 35.8 Å². The lowest BCUT2D eigenvalue weighted by Crippen LogP contribution is -2.62. The molecule has 23 nitrogen and oxygen atoms in total. The van der Waals surface area contributed by atoms with E-state index in [1.807, 2.05) is 66.7 Å². The first kappa shape index (κ1) is 55.2. The number of rotatable bonds is 18. The quantitative estimate of drug-likeness (QED) is 0.0454. The van der Waals surface area contributed by atoms with Crippen molar-refractivity contribution in [1.82, 2.24) is 45.2 Å². The van der Waals surface area contributed by atoms with Gasteiger partial charge in [0.05, 0.1) is 17.1 Å². The molecule has 9 rings (SSSR count).